The summed E-state index contributed by atoms with van der Waals surface area (Å²) in [4.78, 5) is 9.26. The lowest BCUT2D eigenvalue weighted by Gasteiger charge is -2.05. The molecule has 0 bridgehead atoms. The Kier molecular flexibility index (Phi) is 5.52. The molecule has 1 aromatic carbocycles. The van der Waals surface area contributed by atoms with Gasteiger partial charge < -0.3 is 5.73 Å². The van der Waals surface area contributed by atoms with E-state index in [2.05, 4.69) is 35.2 Å². The highest BCUT2D eigenvalue weighted by molar-refractivity contribution is 7.19. The second-order valence-electron chi connectivity index (χ2n) is 7.20. The van der Waals surface area contributed by atoms with E-state index in [1.54, 1.807) is 11.3 Å². The molecule has 0 saturated carbocycles. The molecular weight excluding hydrogens is 368 g/mol. The maximum atomic E-state index is 6.16. The minimum absolute atomic E-state index is 0.504. The van der Waals surface area contributed by atoms with Crippen LogP contribution < -0.4 is 5.73 Å². The fraction of sp³-hybridized carbons (Fsp3) is 0.429. The summed E-state index contributed by atoms with van der Waals surface area (Å²) in [6.07, 6.45) is 9.97. The molecule has 0 aliphatic carbocycles. The van der Waals surface area contributed by atoms with E-state index in [-0.39, 0.29) is 0 Å². The first-order valence-corrected chi connectivity index (χ1v) is 10.9. The Bertz CT molecular complexity index is 1100. The number of aromatic nitrogens is 5. The van der Waals surface area contributed by atoms with Crippen molar-refractivity contribution in [3.63, 3.8) is 0 Å². The zero-order valence-electron chi connectivity index (χ0n) is 16.5. The van der Waals surface area contributed by atoms with Gasteiger partial charge in [-0.1, -0.05) is 38.3 Å². The summed E-state index contributed by atoms with van der Waals surface area (Å²) < 4.78 is 2.96. The number of fused-ring (bicyclic) bond motifs is 3. The van der Waals surface area contributed by atoms with Crippen molar-refractivity contribution < 1.29 is 0 Å². The van der Waals surface area contributed by atoms with Crippen molar-refractivity contribution in [2.75, 3.05) is 5.73 Å². The molecular formula is C21H26N6S. The highest BCUT2D eigenvalue weighted by Gasteiger charge is 2.13. The summed E-state index contributed by atoms with van der Waals surface area (Å²) in [5.74, 6) is 0.504. The summed E-state index contributed by atoms with van der Waals surface area (Å²) in [5, 5.41) is 10.9. The first-order valence-electron chi connectivity index (χ1n) is 10.1. The van der Waals surface area contributed by atoms with Gasteiger partial charge in [0, 0.05) is 5.39 Å². The first-order chi connectivity index (χ1) is 13.7. The third-order valence-corrected chi connectivity index (χ3v) is 6.08. The second-order valence-corrected chi connectivity index (χ2v) is 8.28. The predicted octanol–water partition coefficient (Wildman–Crippen LogP) is 5.08. The van der Waals surface area contributed by atoms with Gasteiger partial charge in [-0.2, -0.15) is 0 Å². The Hall–Kier alpha value is -2.54. The molecule has 0 radical (unpaired) electrons. The number of aryl methyl sites for hydroxylation is 2. The number of nitrogens with zero attached hydrogens (tertiary/aromatic N) is 5. The number of anilines is 1. The number of unbranched alkanes of at least 4 members (excludes halogenated alkanes) is 3. The van der Waals surface area contributed by atoms with E-state index in [1.165, 1.54) is 19.3 Å². The van der Waals surface area contributed by atoms with Crippen molar-refractivity contribution >= 4 is 38.3 Å². The van der Waals surface area contributed by atoms with Gasteiger partial charge in [-0.25, -0.2) is 14.6 Å². The van der Waals surface area contributed by atoms with Gasteiger partial charge in [-0.15, -0.1) is 16.4 Å². The van der Waals surface area contributed by atoms with Crippen molar-refractivity contribution in [2.24, 2.45) is 0 Å². The minimum Gasteiger partial charge on any atom is -0.382 e. The van der Waals surface area contributed by atoms with Gasteiger partial charge in [-0.05, 0) is 43.9 Å². The van der Waals surface area contributed by atoms with Crippen LogP contribution in [0.1, 0.15) is 56.7 Å². The highest BCUT2D eigenvalue weighted by atomic mass is 32.1. The summed E-state index contributed by atoms with van der Waals surface area (Å²) in [6.45, 7) is 4.39. The molecule has 7 heteroatoms. The third kappa shape index (κ3) is 3.71. The molecule has 0 aliphatic rings. The van der Waals surface area contributed by atoms with E-state index in [0.29, 0.717) is 5.82 Å². The van der Waals surface area contributed by atoms with Crippen LogP contribution in [0.5, 0.6) is 0 Å². The molecule has 4 rings (SSSR count). The van der Waals surface area contributed by atoms with Gasteiger partial charge in [0.1, 0.15) is 5.52 Å². The van der Waals surface area contributed by atoms with Crippen LogP contribution >= 0.6 is 11.3 Å². The minimum atomic E-state index is 0.504. The van der Waals surface area contributed by atoms with Crippen molar-refractivity contribution in [1.82, 2.24) is 25.0 Å². The van der Waals surface area contributed by atoms with Crippen LogP contribution in [0.3, 0.4) is 0 Å². The molecule has 28 heavy (non-hydrogen) atoms. The van der Waals surface area contributed by atoms with E-state index < -0.39 is 0 Å². The fourth-order valence-electron chi connectivity index (χ4n) is 3.44. The van der Waals surface area contributed by atoms with Crippen LogP contribution in [0.4, 0.5) is 5.82 Å². The number of nitrogens with two attached hydrogens (primary N) is 1. The quantitative estimate of drug-likeness (QED) is 0.421. The predicted molar refractivity (Wildman–Crippen MR) is 116 cm³/mol. The number of pyridine rings is 1. The van der Waals surface area contributed by atoms with Gasteiger partial charge in [0.25, 0.3) is 0 Å². The summed E-state index contributed by atoms with van der Waals surface area (Å²) in [7, 11) is 0. The average Bonchev–Trinajstić information content (AvgIpc) is 3.33. The van der Waals surface area contributed by atoms with Crippen molar-refractivity contribution in [2.45, 2.75) is 58.8 Å². The Labute approximate surface area is 168 Å². The van der Waals surface area contributed by atoms with Gasteiger partial charge in [0.15, 0.2) is 5.82 Å². The molecule has 0 aliphatic heterocycles. The van der Waals surface area contributed by atoms with E-state index in [0.717, 1.165) is 63.2 Å². The van der Waals surface area contributed by atoms with Crippen molar-refractivity contribution in [1.29, 1.82) is 0 Å². The van der Waals surface area contributed by atoms with Crippen LogP contribution in [0, 0.1) is 0 Å². The van der Waals surface area contributed by atoms with Crippen LogP contribution in [0.25, 0.3) is 26.8 Å². The maximum absolute atomic E-state index is 6.16. The lowest BCUT2D eigenvalue weighted by molar-refractivity contribution is 0.659. The smallest absolute Gasteiger partial charge is 0.151 e. The molecule has 3 aromatic heterocycles. The molecule has 0 amide bonds. The van der Waals surface area contributed by atoms with Crippen LogP contribution in [-0.2, 0) is 12.8 Å². The molecule has 0 spiro atoms. The van der Waals surface area contributed by atoms with E-state index in [4.69, 9.17) is 10.7 Å². The molecule has 2 N–H and O–H groups in total. The molecule has 0 saturated heterocycles. The van der Waals surface area contributed by atoms with Crippen molar-refractivity contribution in [3.05, 3.63) is 35.1 Å². The molecule has 146 valence electrons. The maximum Gasteiger partial charge on any atom is 0.151 e. The number of rotatable bonds is 8. The standard InChI is InChI=1S/C21H26N6S/c1-3-5-6-7-9-14-13-27(26-25-14)15-10-11-17-16(12-15)20-19(21(22)23-17)24-18(28-20)8-4-2/h10-13H,3-9H2,1-2H3,(H2,22,23). The Morgan fingerprint density at radius 3 is 2.75 bits per heavy atom. The molecule has 0 fully saturated rings. The topological polar surface area (TPSA) is 82.5 Å². The number of hydrogen-bond acceptors (Lipinski definition) is 6. The molecule has 4 aromatic rings. The number of benzene rings is 1. The van der Waals surface area contributed by atoms with Gasteiger partial charge in [0.05, 0.1) is 32.8 Å². The lowest BCUT2D eigenvalue weighted by atomic mass is 10.1. The fourth-order valence-corrected chi connectivity index (χ4v) is 4.64. The van der Waals surface area contributed by atoms with Gasteiger partial charge in [-0.3, -0.25) is 0 Å². The van der Waals surface area contributed by atoms with Crippen LogP contribution in [0.15, 0.2) is 24.4 Å². The lowest BCUT2D eigenvalue weighted by Crippen LogP contribution is -1.97. The zero-order valence-corrected chi connectivity index (χ0v) is 17.3. The normalized spacial score (nSPS) is 11.6. The average molecular weight is 395 g/mol. The zero-order chi connectivity index (χ0) is 19.5. The van der Waals surface area contributed by atoms with Crippen LogP contribution in [0.2, 0.25) is 0 Å². The van der Waals surface area contributed by atoms with Gasteiger partial charge >= 0.3 is 0 Å². The number of hydrogen-bond donors (Lipinski definition) is 1. The SMILES string of the molecule is CCCCCCc1cn(-c2ccc3nc(N)c4nc(CCC)sc4c3c2)nn1. The Balaban J connectivity index is 1.68. The summed E-state index contributed by atoms with van der Waals surface area (Å²) >= 11 is 1.71. The van der Waals surface area contributed by atoms with E-state index in [9.17, 15) is 0 Å². The number of thiazole rings is 1. The number of nitrogen functional groups attached to an aromatic ring is 1. The van der Waals surface area contributed by atoms with Gasteiger partial charge in [0.2, 0.25) is 0 Å². The second kappa shape index (κ2) is 8.22. The Morgan fingerprint density at radius 1 is 1.04 bits per heavy atom. The monoisotopic (exact) mass is 394 g/mol. The Morgan fingerprint density at radius 2 is 1.93 bits per heavy atom. The molecule has 3 heterocycles. The molecule has 6 nitrogen and oxygen atoms in total. The van der Waals surface area contributed by atoms with E-state index >= 15 is 0 Å². The van der Waals surface area contributed by atoms with Crippen molar-refractivity contribution in [3.8, 4) is 5.69 Å². The largest absolute Gasteiger partial charge is 0.382 e. The molecule has 0 unspecified atom stereocenters. The first kappa shape index (κ1) is 18.8. The molecule has 0 atom stereocenters. The summed E-state index contributed by atoms with van der Waals surface area (Å²) in [5.41, 5.74) is 9.89. The third-order valence-electron chi connectivity index (χ3n) is 4.94. The highest BCUT2D eigenvalue weighted by Crippen LogP contribution is 2.33. The summed E-state index contributed by atoms with van der Waals surface area (Å²) in [6, 6.07) is 6.14. The van der Waals surface area contributed by atoms with E-state index in [1.807, 2.05) is 23.0 Å². The van der Waals surface area contributed by atoms with Crippen LogP contribution in [-0.4, -0.2) is 25.0 Å².